The third-order valence-corrected chi connectivity index (χ3v) is 14.7. The summed E-state index contributed by atoms with van der Waals surface area (Å²) < 4.78 is 33.7. The fourth-order valence-electron chi connectivity index (χ4n) is 9.72. The number of allylic oxidation sites excluding steroid dienone is 4. The summed E-state index contributed by atoms with van der Waals surface area (Å²) in [6, 6.07) is 0. The minimum Gasteiger partial charge on any atom is -0.462 e. The highest BCUT2D eigenvalue weighted by atomic mass is 16.7. The van der Waals surface area contributed by atoms with Crippen LogP contribution in [0.15, 0.2) is 24.3 Å². The molecule has 0 bridgehead atoms. The molecule has 2 aliphatic rings. The lowest BCUT2D eigenvalue weighted by atomic mass is 9.98. The average Bonchev–Trinajstić information content (AvgIpc) is 3.40. The molecule has 0 aromatic rings. The molecule has 15 nitrogen and oxygen atoms in total. The van der Waals surface area contributed by atoms with Gasteiger partial charge in [-0.05, 0) is 44.9 Å². The van der Waals surface area contributed by atoms with Gasteiger partial charge in [0.15, 0.2) is 18.7 Å². The van der Waals surface area contributed by atoms with Crippen molar-refractivity contribution in [3.63, 3.8) is 0 Å². The third kappa shape index (κ3) is 33.9. The highest BCUT2D eigenvalue weighted by Gasteiger charge is 2.47. The SMILES string of the molecule is CCCCC/C=C\C/C=C\CCCCCCCC(=O)OC(COC(=O)CCCCCCCCCCCCCCCCCCCCCCCCCC)COC1OC(COC2OC(CO)C(O)C(O)C2O)C(O)C(O)C1O. The van der Waals surface area contributed by atoms with Crippen molar-refractivity contribution < 1.29 is 73.8 Å². The summed E-state index contributed by atoms with van der Waals surface area (Å²) in [4.78, 5) is 25.9. The predicted octanol–water partition coefficient (Wildman–Crippen LogP) is 10.7. The zero-order valence-electron chi connectivity index (χ0n) is 47.0. The first-order valence-electron chi connectivity index (χ1n) is 30.4. The second kappa shape index (κ2) is 46.9. The highest BCUT2D eigenvalue weighted by Crippen LogP contribution is 2.27. The standard InChI is InChI=1S/C60H110O15/c1-3-5-7-9-11-13-15-17-19-20-21-22-23-24-25-26-27-29-30-32-34-36-38-40-42-51(62)70-45-48(73-52(63)43-41-39-37-35-33-31-28-18-16-14-12-10-8-6-4-2)46-71-59-58(69)56(67)54(65)50(75-59)47-72-60-57(68)55(66)53(64)49(44-61)74-60/h12,14,18,28,48-50,53-61,64-69H,3-11,13,15-17,19-27,29-47H2,1-2H3/b14-12-,28-18-. The van der Waals surface area contributed by atoms with Gasteiger partial charge in [0.05, 0.1) is 19.8 Å². The molecular formula is C60H110O15. The van der Waals surface area contributed by atoms with Gasteiger partial charge in [-0.3, -0.25) is 9.59 Å². The quantitative estimate of drug-likeness (QED) is 0.0171. The van der Waals surface area contributed by atoms with Gasteiger partial charge < -0.3 is 64.2 Å². The minimum absolute atomic E-state index is 0.152. The van der Waals surface area contributed by atoms with E-state index in [4.69, 9.17) is 28.4 Å². The Balaban J connectivity index is 1.70. The normalized spacial score (nSPS) is 24.6. The molecule has 0 aromatic heterocycles. The van der Waals surface area contributed by atoms with Crippen molar-refractivity contribution in [1.82, 2.24) is 0 Å². The van der Waals surface area contributed by atoms with E-state index in [2.05, 4.69) is 38.2 Å². The molecular weight excluding hydrogens is 961 g/mol. The summed E-state index contributed by atoms with van der Waals surface area (Å²) in [5, 5.41) is 72.3. The molecule has 440 valence electrons. The van der Waals surface area contributed by atoms with E-state index in [0.29, 0.717) is 12.8 Å². The van der Waals surface area contributed by atoms with Gasteiger partial charge in [-0.25, -0.2) is 0 Å². The first kappa shape index (κ1) is 69.1. The second-order valence-corrected chi connectivity index (χ2v) is 21.5. The summed E-state index contributed by atoms with van der Waals surface area (Å²) in [6.45, 7) is 2.60. The number of aliphatic hydroxyl groups is 7. The summed E-state index contributed by atoms with van der Waals surface area (Å²) in [5.74, 6) is -0.928. The summed E-state index contributed by atoms with van der Waals surface area (Å²) in [5.41, 5.74) is 0. The summed E-state index contributed by atoms with van der Waals surface area (Å²) in [7, 11) is 0. The van der Waals surface area contributed by atoms with E-state index in [1.165, 1.54) is 148 Å². The largest absolute Gasteiger partial charge is 0.462 e. The lowest BCUT2D eigenvalue weighted by Crippen LogP contribution is -2.61. The molecule has 0 amide bonds. The number of carbonyl (C=O) groups excluding carboxylic acids is 2. The van der Waals surface area contributed by atoms with Crippen LogP contribution >= 0.6 is 0 Å². The molecule has 2 heterocycles. The van der Waals surface area contributed by atoms with E-state index < -0.39 is 92.7 Å². The van der Waals surface area contributed by atoms with Crippen LogP contribution in [0.25, 0.3) is 0 Å². The Hall–Kier alpha value is -2.02. The molecule has 7 N–H and O–H groups in total. The van der Waals surface area contributed by atoms with Gasteiger partial charge in [0, 0.05) is 12.8 Å². The van der Waals surface area contributed by atoms with Gasteiger partial charge in [0.1, 0.15) is 55.4 Å². The Morgan fingerprint density at radius 3 is 1.27 bits per heavy atom. The molecule has 0 saturated carbocycles. The van der Waals surface area contributed by atoms with E-state index >= 15 is 0 Å². The van der Waals surface area contributed by atoms with Crippen LogP contribution in [0, 0.1) is 0 Å². The molecule has 11 atom stereocenters. The van der Waals surface area contributed by atoms with Gasteiger partial charge in [-0.15, -0.1) is 0 Å². The summed E-state index contributed by atoms with van der Waals surface area (Å²) in [6.07, 6.45) is 34.9. The lowest BCUT2D eigenvalue weighted by molar-refractivity contribution is -0.332. The number of unbranched alkanes of at least 4 members (excludes halogenated alkanes) is 31. The lowest BCUT2D eigenvalue weighted by Gasteiger charge is -2.42. The van der Waals surface area contributed by atoms with Crippen LogP contribution in [-0.4, -0.2) is 142 Å². The zero-order valence-corrected chi connectivity index (χ0v) is 47.0. The second-order valence-electron chi connectivity index (χ2n) is 21.5. The third-order valence-electron chi connectivity index (χ3n) is 14.7. The van der Waals surface area contributed by atoms with Crippen LogP contribution in [0.2, 0.25) is 0 Å². The molecule has 15 heteroatoms. The van der Waals surface area contributed by atoms with E-state index in [1.807, 2.05) is 0 Å². The van der Waals surface area contributed by atoms with Gasteiger partial charge in [0.25, 0.3) is 0 Å². The predicted molar refractivity (Wildman–Crippen MR) is 294 cm³/mol. The molecule has 11 unspecified atom stereocenters. The number of rotatable bonds is 49. The Kier molecular flexibility index (Phi) is 43.2. The van der Waals surface area contributed by atoms with Crippen molar-refractivity contribution >= 4 is 11.9 Å². The fraction of sp³-hybridized carbons (Fsp3) is 0.900. The van der Waals surface area contributed by atoms with Crippen molar-refractivity contribution in [3.05, 3.63) is 24.3 Å². The molecule has 0 aromatic carbocycles. The Morgan fingerprint density at radius 2 is 0.800 bits per heavy atom. The molecule has 75 heavy (non-hydrogen) atoms. The van der Waals surface area contributed by atoms with E-state index in [-0.39, 0.29) is 26.1 Å². The number of hydrogen-bond acceptors (Lipinski definition) is 15. The molecule has 2 fully saturated rings. The van der Waals surface area contributed by atoms with Crippen molar-refractivity contribution in [2.45, 2.75) is 319 Å². The Morgan fingerprint density at radius 1 is 0.427 bits per heavy atom. The van der Waals surface area contributed by atoms with Gasteiger partial charge in [-0.1, -0.05) is 218 Å². The Labute approximate surface area is 453 Å². The van der Waals surface area contributed by atoms with Crippen LogP contribution in [0.4, 0.5) is 0 Å². The number of esters is 2. The van der Waals surface area contributed by atoms with Crippen molar-refractivity contribution in [3.8, 4) is 0 Å². The van der Waals surface area contributed by atoms with Gasteiger partial charge in [-0.2, -0.15) is 0 Å². The molecule has 0 radical (unpaired) electrons. The monoisotopic (exact) mass is 1070 g/mol. The van der Waals surface area contributed by atoms with E-state index in [0.717, 1.165) is 64.2 Å². The zero-order chi connectivity index (χ0) is 54.6. The van der Waals surface area contributed by atoms with Crippen LogP contribution in [0.5, 0.6) is 0 Å². The molecule has 2 rings (SSSR count). The first-order chi connectivity index (χ1) is 36.5. The molecule has 0 aliphatic carbocycles. The smallest absolute Gasteiger partial charge is 0.306 e. The minimum atomic E-state index is -1.77. The fourth-order valence-corrected chi connectivity index (χ4v) is 9.72. The van der Waals surface area contributed by atoms with Crippen molar-refractivity contribution in [1.29, 1.82) is 0 Å². The summed E-state index contributed by atoms with van der Waals surface area (Å²) >= 11 is 0. The maximum Gasteiger partial charge on any atom is 0.306 e. The van der Waals surface area contributed by atoms with Crippen LogP contribution in [0.1, 0.15) is 251 Å². The first-order valence-corrected chi connectivity index (χ1v) is 30.4. The molecule has 2 saturated heterocycles. The Bertz CT molecular complexity index is 1400. The van der Waals surface area contributed by atoms with E-state index in [1.54, 1.807) is 0 Å². The molecule has 2 aliphatic heterocycles. The number of hydrogen-bond donors (Lipinski definition) is 7. The maximum absolute atomic E-state index is 13.0. The van der Waals surface area contributed by atoms with Gasteiger partial charge >= 0.3 is 11.9 Å². The van der Waals surface area contributed by atoms with Crippen LogP contribution < -0.4 is 0 Å². The number of carbonyl (C=O) groups is 2. The highest BCUT2D eigenvalue weighted by molar-refractivity contribution is 5.70. The number of ether oxygens (including phenoxy) is 6. The van der Waals surface area contributed by atoms with Crippen LogP contribution in [0.3, 0.4) is 0 Å². The van der Waals surface area contributed by atoms with Gasteiger partial charge in [0.2, 0.25) is 0 Å². The average molecular weight is 1070 g/mol. The topological polar surface area (TPSA) is 231 Å². The van der Waals surface area contributed by atoms with Crippen molar-refractivity contribution in [2.24, 2.45) is 0 Å². The van der Waals surface area contributed by atoms with Crippen LogP contribution in [-0.2, 0) is 38.0 Å². The van der Waals surface area contributed by atoms with E-state index in [9.17, 15) is 45.3 Å². The maximum atomic E-state index is 13.0. The molecule has 0 spiro atoms. The van der Waals surface area contributed by atoms with Crippen molar-refractivity contribution in [2.75, 3.05) is 26.4 Å². The number of aliphatic hydroxyl groups excluding tert-OH is 7.